The second-order valence-corrected chi connectivity index (χ2v) is 4.95. The molecule has 2 nitrogen and oxygen atoms in total. The Hall–Kier alpha value is -1.57. The zero-order chi connectivity index (χ0) is 11.8. The van der Waals surface area contributed by atoms with Crippen molar-refractivity contribution in [1.82, 2.24) is 0 Å². The molecule has 2 heteroatoms. The molecule has 0 N–H and O–H groups in total. The van der Waals surface area contributed by atoms with Gasteiger partial charge in [-0.3, -0.25) is 4.79 Å². The number of hydrogen-bond acceptors (Lipinski definition) is 2. The van der Waals surface area contributed by atoms with Crippen molar-refractivity contribution in [2.24, 2.45) is 5.92 Å². The molecule has 0 radical (unpaired) electrons. The molecule has 2 aliphatic rings. The Morgan fingerprint density at radius 1 is 1.00 bits per heavy atom. The number of carbonyl (C=O) groups is 1. The lowest BCUT2D eigenvalue weighted by atomic mass is 9.82. The summed E-state index contributed by atoms with van der Waals surface area (Å²) in [5.74, 6) is 0.172. The topological polar surface area (TPSA) is 40.1 Å². The van der Waals surface area contributed by atoms with E-state index in [9.17, 15) is 9.90 Å². The predicted octanol–water partition coefficient (Wildman–Crippen LogP) is 2.53. The quantitative estimate of drug-likeness (QED) is 0.739. The number of rotatable bonds is 1. The van der Waals surface area contributed by atoms with E-state index in [4.69, 9.17) is 0 Å². The molecule has 1 aromatic carbocycles. The number of hydrogen-bond donors (Lipinski definition) is 0. The third-order valence-corrected chi connectivity index (χ3v) is 3.92. The van der Waals surface area contributed by atoms with E-state index in [0.29, 0.717) is 16.7 Å². The van der Waals surface area contributed by atoms with Gasteiger partial charge in [-0.15, -0.1) is 0 Å². The van der Waals surface area contributed by atoms with E-state index in [1.165, 1.54) is 6.42 Å². The van der Waals surface area contributed by atoms with Gasteiger partial charge in [0, 0.05) is 5.56 Å². The molecule has 1 fully saturated rings. The van der Waals surface area contributed by atoms with Gasteiger partial charge in [-0.25, -0.2) is 0 Å². The van der Waals surface area contributed by atoms with Crippen molar-refractivity contribution in [2.75, 3.05) is 0 Å². The van der Waals surface area contributed by atoms with Crippen LogP contribution in [0.3, 0.4) is 0 Å². The van der Waals surface area contributed by atoms with Crippen molar-refractivity contribution in [3.05, 3.63) is 41.0 Å². The third-order valence-electron chi connectivity index (χ3n) is 3.92. The van der Waals surface area contributed by atoms with Gasteiger partial charge in [-0.1, -0.05) is 49.3 Å². The molecule has 0 saturated heterocycles. The van der Waals surface area contributed by atoms with Gasteiger partial charge in [0.05, 0.1) is 0 Å². The van der Waals surface area contributed by atoms with Crippen LogP contribution in [0.2, 0.25) is 0 Å². The molecule has 0 bridgehead atoms. The van der Waals surface area contributed by atoms with E-state index in [1.54, 1.807) is 12.1 Å². The lowest BCUT2D eigenvalue weighted by Gasteiger charge is -2.25. The summed E-state index contributed by atoms with van der Waals surface area (Å²) in [6.07, 6.45) is 5.52. The average molecular weight is 227 g/mol. The van der Waals surface area contributed by atoms with Crippen molar-refractivity contribution < 1.29 is 9.90 Å². The molecule has 2 aliphatic carbocycles. The second kappa shape index (κ2) is 4.02. The van der Waals surface area contributed by atoms with Crippen molar-refractivity contribution >= 4 is 11.5 Å². The van der Waals surface area contributed by atoms with Crippen molar-refractivity contribution in [3.8, 4) is 0 Å². The highest BCUT2D eigenvalue weighted by Crippen LogP contribution is 2.39. The molecular formula is C15H15O2-. The Labute approximate surface area is 101 Å². The summed E-state index contributed by atoms with van der Waals surface area (Å²) in [7, 11) is 0. The molecule has 0 atom stereocenters. The smallest absolute Gasteiger partial charge is 0.189 e. The molecule has 17 heavy (non-hydrogen) atoms. The Kier molecular flexibility index (Phi) is 2.50. The summed E-state index contributed by atoms with van der Waals surface area (Å²) in [6, 6.07) is 7.19. The third kappa shape index (κ3) is 1.59. The van der Waals surface area contributed by atoms with Gasteiger partial charge in [-0.05, 0) is 29.9 Å². The molecule has 3 rings (SSSR count). The lowest BCUT2D eigenvalue weighted by molar-refractivity contribution is -0.244. The van der Waals surface area contributed by atoms with Gasteiger partial charge in [-0.2, -0.15) is 0 Å². The van der Waals surface area contributed by atoms with E-state index >= 15 is 0 Å². The van der Waals surface area contributed by atoms with Crippen LogP contribution in [0.5, 0.6) is 0 Å². The molecule has 0 heterocycles. The molecule has 1 aromatic rings. The molecule has 88 valence electrons. The zero-order valence-electron chi connectivity index (χ0n) is 9.74. The molecule has 0 unspecified atom stereocenters. The molecule has 0 aromatic heterocycles. The van der Waals surface area contributed by atoms with E-state index in [-0.39, 0.29) is 17.5 Å². The van der Waals surface area contributed by atoms with Crippen LogP contribution in [0.4, 0.5) is 0 Å². The molecule has 0 amide bonds. The molecular weight excluding hydrogens is 212 g/mol. The number of allylic oxidation sites excluding steroid dienone is 1. The van der Waals surface area contributed by atoms with Gasteiger partial charge in [0.15, 0.2) is 5.78 Å². The highest BCUT2D eigenvalue weighted by atomic mass is 16.3. The van der Waals surface area contributed by atoms with Gasteiger partial charge in [0.25, 0.3) is 0 Å². The normalized spacial score (nSPS) is 20.8. The highest BCUT2D eigenvalue weighted by Gasteiger charge is 2.30. The van der Waals surface area contributed by atoms with E-state index in [0.717, 1.165) is 25.7 Å². The SMILES string of the molecule is O=C1C(C2CCCCC2)=C([O-])c2ccccc21. The van der Waals surface area contributed by atoms with Crippen LogP contribution in [0, 0.1) is 5.92 Å². The largest absolute Gasteiger partial charge is 0.872 e. The van der Waals surface area contributed by atoms with Gasteiger partial charge < -0.3 is 5.11 Å². The Balaban J connectivity index is 2.01. The van der Waals surface area contributed by atoms with Crippen molar-refractivity contribution in [2.45, 2.75) is 32.1 Å². The van der Waals surface area contributed by atoms with Crippen molar-refractivity contribution in [1.29, 1.82) is 0 Å². The first-order chi connectivity index (χ1) is 8.29. The maximum absolute atomic E-state index is 12.2. The number of fused-ring (bicyclic) bond motifs is 1. The van der Waals surface area contributed by atoms with Crippen LogP contribution in [0.15, 0.2) is 29.8 Å². The minimum atomic E-state index is -0.0162. The number of benzene rings is 1. The predicted molar refractivity (Wildman–Crippen MR) is 64.3 cm³/mol. The maximum Gasteiger partial charge on any atom is 0.189 e. The second-order valence-electron chi connectivity index (χ2n) is 4.95. The first kappa shape index (κ1) is 10.6. The number of ketones is 1. The minimum Gasteiger partial charge on any atom is -0.872 e. The molecule has 0 spiro atoms. The van der Waals surface area contributed by atoms with Crippen LogP contribution >= 0.6 is 0 Å². The Morgan fingerprint density at radius 2 is 1.65 bits per heavy atom. The van der Waals surface area contributed by atoms with Gasteiger partial charge >= 0.3 is 0 Å². The fraction of sp³-hybridized carbons (Fsp3) is 0.400. The first-order valence-corrected chi connectivity index (χ1v) is 6.34. The van der Waals surface area contributed by atoms with Crippen LogP contribution in [0.25, 0.3) is 5.76 Å². The van der Waals surface area contributed by atoms with Crippen LogP contribution in [-0.4, -0.2) is 5.78 Å². The Bertz CT molecular complexity index is 493. The monoisotopic (exact) mass is 227 g/mol. The number of carbonyl (C=O) groups excluding carboxylic acids is 1. The molecule has 1 saturated carbocycles. The minimum absolute atomic E-state index is 0.0162. The summed E-state index contributed by atoms with van der Waals surface area (Å²) in [5, 5.41) is 12.2. The summed E-state index contributed by atoms with van der Waals surface area (Å²) in [6.45, 7) is 0. The van der Waals surface area contributed by atoms with Crippen LogP contribution in [0.1, 0.15) is 48.0 Å². The van der Waals surface area contributed by atoms with E-state index in [2.05, 4.69) is 0 Å². The fourth-order valence-electron chi connectivity index (χ4n) is 3.03. The summed E-state index contributed by atoms with van der Waals surface area (Å²) < 4.78 is 0. The lowest BCUT2D eigenvalue weighted by Crippen LogP contribution is -2.16. The highest BCUT2D eigenvalue weighted by molar-refractivity contribution is 6.19. The van der Waals surface area contributed by atoms with Crippen LogP contribution < -0.4 is 5.11 Å². The van der Waals surface area contributed by atoms with Gasteiger partial charge in [0.2, 0.25) is 0 Å². The summed E-state index contributed by atoms with van der Waals surface area (Å²) in [4.78, 5) is 12.2. The van der Waals surface area contributed by atoms with Crippen molar-refractivity contribution in [3.63, 3.8) is 0 Å². The fourth-order valence-corrected chi connectivity index (χ4v) is 3.03. The van der Waals surface area contributed by atoms with E-state index < -0.39 is 0 Å². The standard InChI is InChI=1S/C15H16O2/c16-14-11-8-4-5-9-12(11)15(17)13(14)10-6-2-1-3-7-10/h4-5,8-10,16H,1-3,6-7H2/p-1. The maximum atomic E-state index is 12.2. The van der Waals surface area contributed by atoms with Crippen LogP contribution in [-0.2, 0) is 0 Å². The number of Topliss-reactive ketones (excluding diaryl/α,β-unsaturated/α-hetero) is 1. The summed E-state index contributed by atoms with van der Waals surface area (Å²) >= 11 is 0. The van der Waals surface area contributed by atoms with E-state index in [1.807, 2.05) is 12.1 Å². The summed E-state index contributed by atoms with van der Waals surface area (Å²) in [5.41, 5.74) is 1.78. The van der Waals surface area contributed by atoms with Gasteiger partial charge in [0.1, 0.15) is 0 Å². The zero-order valence-corrected chi connectivity index (χ0v) is 9.74. The first-order valence-electron chi connectivity index (χ1n) is 6.34. The average Bonchev–Trinajstić information content (AvgIpc) is 2.64. The Morgan fingerprint density at radius 3 is 2.29 bits per heavy atom. The molecule has 0 aliphatic heterocycles.